The van der Waals surface area contributed by atoms with Gasteiger partial charge in [0.05, 0.1) is 23.6 Å². The highest BCUT2D eigenvalue weighted by Crippen LogP contribution is 2.44. The van der Waals surface area contributed by atoms with Crippen molar-refractivity contribution in [1.82, 2.24) is 15.0 Å². The number of hydrogen-bond acceptors (Lipinski definition) is 5. The standard InChI is InChI=1S/C35H28IN3O3/c36-35-29(22-28-33(40)27-18-10-11-19-30(27)42-34(28)25-16-8-3-9-17-25)37-38-39(35)26-20-31(23-12-4-1-5-13-23)41-32(21-26)24-14-6-2-7-15-24/h1-19,26,31-32H,20-22H2. The predicted molar refractivity (Wildman–Crippen MR) is 171 cm³/mol. The molecule has 0 aliphatic carbocycles. The molecule has 208 valence electrons. The van der Waals surface area contributed by atoms with Gasteiger partial charge in [-0.25, -0.2) is 4.68 Å². The van der Waals surface area contributed by atoms with E-state index in [9.17, 15) is 4.79 Å². The molecule has 6 nitrogen and oxygen atoms in total. The minimum Gasteiger partial charge on any atom is -0.456 e. The number of rotatable bonds is 6. The summed E-state index contributed by atoms with van der Waals surface area (Å²) in [5.41, 5.74) is 5.04. The van der Waals surface area contributed by atoms with Crippen LogP contribution in [0.2, 0.25) is 0 Å². The number of benzene rings is 4. The van der Waals surface area contributed by atoms with Gasteiger partial charge in [0.25, 0.3) is 0 Å². The van der Waals surface area contributed by atoms with Gasteiger partial charge < -0.3 is 9.15 Å². The minimum atomic E-state index is -0.0733. The number of nitrogens with zero attached hydrogens (tertiary/aromatic N) is 3. The lowest BCUT2D eigenvalue weighted by Gasteiger charge is -2.36. The fourth-order valence-corrected chi connectivity index (χ4v) is 6.64. The summed E-state index contributed by atoms with van der Waals surface area (Å²) in [4.78, 5) is 13.8. The van der Waals surface area contributed by atoms with Crippen LogP contribution in [0.25, 0.3) is 22.3 Å². The molecule has 7 rings (SSSR count). The molecule has 0 radical (unpaired) electrons. The van der Waals surface area contributed by atoms with E-state index in [4.69, 9.17) is 9.15 Å². The van der Waals surface area contributed by atoms with E-state index in [1.165, 1.54) is 0 Å². The van der Waals surface area contributed by atoms with E-state index in [0.717, 1.165) is 38.9 Å². The third-order valence-corrected chi connectivity index (χ3v) is 9.08. The molecule has 1 fully saturated rings. The Bertz CT molecular complexity index is 1840. The predicted octanol–water partition coefficient (Wildman–Crippen LogP) is 8.08. The van der Waals surface area contributed by atoms with Crippen molar-refractivity contribution < 1.29 is 9.15 Å². The molecule has 6 aromatic rings. The quantitative estimate of drug-likeness (QED) is 0.168. The summed E-state index contributed by atoms with van der Waals surface area (Å²) in [5.74, 6) is 0.573. The minimum absolute atomic E-state index is 0.0413. The van der Waals surface area contributed by atoms with Crippen LogP contribution in [-0.4, -0.2) is 15.0 Å². The first-order chi connectivity index (χ1) is 20.7. The Morgan fingerprint density at radius 3 is 1.98 bits per heavy atom. The molecule has 2 atom stereocenters. The summed E-state index contributed by atoms with van der Waals surface area (Å²) in [5, 5.41) is 9.84. The highest BCUT2D eigenvalue weighted by molar-refractivity contribution is 14.1. The third-order valence-electron chi connectivity index (χ3n) is 7.96. The molecule has 1 aliphatic rings. The summed E-state index contributed by atoms with van der Waals surface area (Å²) in [6.07, 6.45) is 1.73. The van der Waals surface area contributed by atoms with Gasteiger partial charge in [-0.05, 0) is 45.9 Å². The zero-order valence-corrected chi connectivity index (χ0v) is 24.9. The molecule has 1 saturated heterocycles. The van der Waals surface area contributed by atoms with E-state index in [-0.39, 0.29) is 23.7 Å². The van der Waals surface area contributed by atoms with Crippen molar-refractivity contribution in [1.29, 1.82) is 0 Å². The second-order valence-electron chi connectivity index (χ2n) is 10.6. The number of hydrogen-bond donors (Lipinski definition) is 0. The molecule has 3 heterocycles. The molecule has 42 heavy (non-hydrogen) atoms. The van der Waals surface area contributed by atoms with Crippen molar-refractivity contribution >= 4 is 33.6 Å². The van der Waals surface area contributed by atoms with Crippen LogP contribution in [0.3, 0.4) is 0 Å². The molecule has 1 aliphatic heterocycles. The van der Waals surface area contributed by atoms with Crippen LogP contribution in [0.4, 0.5) is 0 Å². The van der Waals surface area contributed by atoms with Crippen molar-refractivity contribution in [2.24, 2.45) is 0 Å². The van der Waals surface area contributed by atoms with Crippen LogP contribution < -0.4 is 5.43 Å². The Hall–Kier alpha value is -4.08. The van der Waals surface area contributed by atoms with Crippen molar-refractivity contribution in [2.75, 3.05) is 0 Å². The number of para-hydroxylation sites is 1. The topological polar surface area (TPSA) is 70.2 Å². The highest BCUT2D eigenvalue weighted by Gasteiger charge is 2.34. The van der Waals surface area contributed by atoms with Crippen LogP contribution in [0, 0.1) is 3.70 Å². The average molecular weight is 666 g/mol. The molecule has 0 amide bonds. The molecule has 7 heteroatoms. The van der Waals surface area contributed by atoms with Gasteiger partial charge in [-0.1, -0.05) is 108 Å². The van der Waals surface area contributed by atoms with E-state index >= 15 is 0 Å². The van der Waals surface area contributed by atoms with Gasteiger partial charge in [-0.3, -0.25) is 4.79 Å². The Kier molecular flexibility index (Phi) is 7.44. The summed E-state index contributed by atoms with van der Waals surface area (Å²) in [7, 11) is 0. The summed E-state index contributed by atoms with van der Waals surface area (Å²) >= 11 is 2.33. The summed E-state index contributed by atoms with van der Waals surface area (Å²) in [6, 6.07) is 38.0. The Labute approximate surface area is 257 Å². The lowest BCUT2D eigenvalue weighted by molar-refractivity contribution is -0.0745. The van der Waals surface area contributed by atoms with E-state index in [1.807, 2.05) is 71.4 Å². The van der Waals surface area contributed by atoms with Crippen LogP contribution in [-0.2, 0) is 11.2 Å². The Balaban J connectivity index is 1.26. The van der Waals surface area contributed by atoms with Gasteiger partial charge in [0.15, 0.2) is 5.43 Å². The van der Waals surface area contributed by atoms with Gasteiger partial charge in [0.1, 0.15) is 20.7 Å². The van der Waals surface area contributed by atoms with Crippen LogP contribution >= 0.6 is 22.6 Å². The van der Waals surface area contributed by atoms with E-state index in [0.29, 0.717) is 28.7 Å². The molecule has 0 N–H and O–H groups in total. The molecule has 2 unspecified atom stereocenters. The SMILES string of the molecule is O=c1c(Cc2nnn(C3CC(c4ccccc4)OC(c4ccccc4)C3)c2I)c(-c2ccccc2)oc2ccccc12. The lowest BCUT2D eigenvalue weighted by atomic mass is 9.91. The maximum atomic E-state index is 13.8. The molecular formula is C35H28IN3O3. The lowest BCUT2D eigenvalue weighted by Crippen LogP contribution is -2.27. The smallest absolute Gasteiger partial charge is 0.196 e. The van der Waals surface area contributed by atoms with Crippen molar-refractivity contribution in [2.45, 2.75) is 37.5 Å². The highest BCUT2D eigenvalue weighted by atomic mass is 127. The fraction of sp³-hybridized carbons (Fsp3) is 0.171. The van der Waals surface area contributed by atoms with Crippen molar-refractivity contribution in [3.63, 3.8) is 0 Å². The summed E-state index contributed by atoms with van der Waals surface area (Å²) in [6.45, 7) is 0. The molecule has 0 bridgehead atoms. The number of fused-ring (bicyclic) bond motifs is 1. The van der Waals surface area contributed by atoms with Gasteiger partial charge in [-0.2, -0.15) is 0 Å². The van der Waals surface area contributed by atoms with Crippen LogP contribution in [0.5, 0.6) is 0 Å². The average Bonchev–Trinajstić information content (AvgIpc) is 3.42. The summed E-state index contributed by atoms with van der Waals surface area (Å²) < 4.78 is 15.9. The molecule has 4 aromatic carbocycles. The number of halogens is 1. The Morgan fingerprint density at radius 2 is 1.33 bits per heavy atom. The zero-order chi connectivity index (χ0) is 28.5. The first kappa shape index (κ1) is 26.8. The van der Waals surface area contributed by atoms with E-state index in [2.05, 4.69) is 81.4 Å². The first-order valence-corrected chi connectivity index (χ1v) is 15.2. The zero-order valence-electron chi connectivity index (χ0n) is 22.8. The van der Waals surface area contributed by atoms with Crippen molar-refractivity contribution in [3.05, 3.63) is 152 Å². The second-order valence-corrected chi connectivity index (χ2v) is 11.6. The molecule has 2 aromatic heterocycles. The number of ether oxygens (including phenoxy) is 1. The largest absolute Gasteiger partial charge is 0.456 e. The van der Waals surface area contributed by atoms with Gasteiger partial charge in [0.2, 0.25) is 0 Å². The van der Waals surface area contributed by atoms with Crippen LogP contribution in [0.1, 0.15) is 53.5 Å². The van der Waals surface area contributed by atoms with E-state index in [1.54, 1.807) is 0 Å². The van der Waals surface area contributed by atoms with Gasteiger partial charge in [0, 0.05) is 30.4 Å². The van der Waals surface area contributed by atoms with Crippen LogP contribution in [0.15, 0.2) is 124 Å². The second kappa shape index (κ2) is 11.7. The van der Waals surface area contributed by atoms with Gasteiger partial charge >= 0.3 is 0 Å². The normalized spacial score (nSPS) is 18.7. The molecular weight excluding hydrogens is 637 g/mol. The Morgan fingerprint density at radius 1 is 0.762 bits per heavy atom. The first-order valence-electron chi connectivity index (χ1n) is 14.1. The van der Waals surface area contributed by atoms with E-state index < -0.39 is 0 Å². The maximum absolute atomic E-state index is 13.8. The van der Waals surface area contributed by atoms with Gasteiger partial charge in [-0.15, -0.1) is 5.10 Å². The maximum Gasteiger partial charge on any atom is 0.196 e. The van der Waals surface area contributed by atoms with Crippen molar-refractivity contribution in [3.8, 4) is 11.3 Å². The molecule has 0 saturated carbocycles. The molecule has 0 spiro atoms. The fourth-order valence-electron chi connectivity index (χ4n) is 5.85. The monoisotopic (exact) mass is 665 g/mol. The third kappa shape index (κ3) is 5.18. The number of aromatic nitrogens is 3.